The third kappa shape index (κ3) is 3.06. The molecule has 0 amide bonds. The summed E-state index contributed by atoms with van der Waals surface area (Å²) in [7, 11) is 0. The van der Waals surface area contributed by atoms with Gasteiger partial charge in [0.2, 0.25) is 0 Å². The predicted molar refractivity (Wildman–Crippen MR) is 74.4 cm³/mol. The Morgan fingerprint density at radius 1 is 1.11 bits per heavy atom. The first-order chi connectivity index (χ1) is 8.66. The first-order valence-electron chi connectivity index (χ1n) is 6.32. The number of nitrogens with two attached hydrogens (primary N) is 1. The maximum Gasteiger partial charge on any atom is 0.128 e. The largest absolute Gasteiger partial charge is 0.399 e. The normalized spacial score (nSPS) is 10.8. The van der Waals surface area contributed by atoms with Crippen molar-refractivity contribution in [3.05, 3.63) is 53.6 Å². The molecule has 2 rings (SSSR count). The average molecular weight is 241 g/mol. The van der Waals surface area contributed by atoms with Crippen molar-refractivity contribution in [1.82, 2.24) is 9.97 Å². The molecule has 94 valence electrons. The Bertz CT molecular complexity index is 521. The molecule has 0 spiro atoms. The molecule has 0 aliphatic heterocycles. The van der Waals surface area contributed by atoms with E-state index in [1.54, 1.807) is 0 Å². The molecule has 2 N–H and O–H groups in total. The molecule has 3 heteroatoms. The van der Waals surface area contributed by atoms with Crippen molar-refractivity contribution in [1.29, 1.82) is 0 Å². The Morgan fingerprint density at radius 2 is 1.89 bits per heavy atom. The number of rotatable bonds is 4. The van der Waals surface area contributed by atoms with Crippen LogP contribution in [-0.2, 0) is 12.8 Å². The van der Waals surface area contributed by atoms with E-state index in [4.69, 9.17) is 5.73 Å². The van der Waals surface area contributed by atoms with Crippen molar-refractivity contribution in [2.45, 2.75) is 32.6 Å². The predicted octanol–water partition coefficient (Wildman–Crippen LogP) is 2.97. The van der Waals surface area contributed by atoms with Crippen molar-refractivity contribution in [2.75, 3.05) is 5.73 Å². The second-order valence-electron chi connectivity index (χ2n) is 4.75. The highest BCUT2D eigenvalue weighted by Crippen LogP contribution is 2.14. The Morgan fingerprint density at radius 3 is 2.61 bits per heavy atom. The summed E-state index contributed by atoms with van der Waals surface area (Å²) in [6.07, 6.45) is 3.55. The van der Waals surface area contributed by atoms with E-state index < -0.39 is 0 Å². The van der Waals surface area contributed by atoms with Gasteiger partial charge in [-0.3, -0.25) is 0 Å². The molecule has 0 aliphatic rings. The van der Waals surface area contributed by atoms with Crippen LogP contribution in [0.3, 0.4) is 0 Å². The minimum absolute atomic E-state index is 0.438. The van der Waals surface area contributed by atoms with Gasteiger partial charge in [0.1, 0.15) is 5.82 Å². The molecule has 2 aromatic rings. The average Bonchev–Trinajstić information content (AvgIpc) is 2.38. The van der Waals surface area contributed by atoms with Crippen LogP contribution in [0.25, 0.3) is 0 Å². The number of hydrogen-bond donors (Lipinski definition) is 1. The van der Waals surface area contributed by atoms with Crippen LogP contribution >= 0.6 is 0 Å². The molecule has 0 unspecified atom stereocenters. The molecular formula is C15H19N3. The highest BCUT2D eigenvalue weighted by Gasteiger charge is 2.04. The lowest BCUT2D eigenvalue weighted by Crippen LogP contribution is -2.03. The lowest BCUT2D eigenvalue weighted by Gasteiger charge is -2.07. The van der Waals surface area contributed by atoms with Gasteiger partial charge >= 0.3 is 0 Å². The molecule has 18 heavy (non-hydrogen) atoms. The van der Waals surface area contributed by atoms with Crippen molar-refractivity contribution in [3.8, 4) is 0 Å². The van der Waals surface area contributed by atoms with Gasteiger partial charge in [-0.05, 0) is 30.0 Å². The minimum atomic E-state index is 0.438. The number of aromatic nitrogens is 2. The fraction of sp³-hybridized carbons (Fsp3) is 0.333. The zero-order valence-corrected chi connectivity index (χ0v) is 10.9. The number of para-hydroxylation sites is 1. The molecule has 0 saturated carbocycles. The second kappa shape index (κ2) is 5.63. The summed E-state index contributed by atoms with van der Waals surface area (Å²) in [4.78, 5) is 8.88. The second-order valence-corrected chi connectivity index (χ2v) is 4.75. The third-order valence-electron chi connectivity index (χ3n) is 2.99. The molecule has 0 atom stereocenters. The maximum absolute atomic E-state index is 5.92. The Kier molecular flexibility index (Phi) is 3.92. The standard InChI is InChI=1S/C15H19N3/c1-11(2)14-9-10-17-15(18-14)8-7-12-5-3-4-6-13(12)16/h3-6,9-11H,7-8,16H2,1-2H3. The SMILES string of the molecule is CC(C)c1ccnc(CCc2ccccc2N)n1. The number of aryl methyl sites for hydroxylation is 2. The zero-order chi connectivity index (χ0) is 13.0. The van der Waals surface area contributed by atoms with Crippen molar-refractivity contribution < 1.29 is 0 Å². The van der Waals surface area contributed by atoms with Crippen molar-refractivity contribution in [2.24, 2.45) is 0 Å². The first-order valence-corrected chi connectivity index (χ1v) is 6.32. The van der Waals surface area contributed by atoms with E-state index in [1.165, 1.54) is 0 Å². The lowest BCUT2D eigenvalue weighted by molar-refractivity contribution is 0.771. The number of anilines is 1. The minimum Gasteiger partial charge on any atom is -0.399 e. The summed E-state index contributed by atoms with van der Waals surface area (Å²) >= 11 is 0. The van der Waals surface area contributed by atoms with Gasteiger partial charge in [-0.15, -0.1) is 0 Å². The third-order valence-corrected chi connectivity index (χ3v) is 2.99. The summed E-state index contributed by atoms with van der Waals surface area (Å²) in [6, 6.07) is 9.93. The van der Waals surface area contributed by atoms with Gasteiger partial charge < -0.3 is 5.73 Å². The Labute approximate surface area is 108 Å². The van der Waals surface area contributed by atoms with E-state index in [0.29, 0.717) is 5.92 Å². The van der Waals surface area contributed by atoms with Gasteiger partial charge in [0, 0.05) is 24.0 Å². The molecule has 3 nitrogen and oxygen atoms in total. The smallest absolute Gasteiger partial charge is 0.128 e. The molecule has 0 radical (unpaired) electrons. The van der Waals surface area contributed by atoms with Crippen LogP contribution in [0.5, 0.6) is 0 Å². The quantitative estimate of drug-likeness (QED) is 0.837. The Hall–Kier alpha value is -1.90. The summed E-state index contributed by atoms with van der Waals surface area (Å²) in [6.45, 7) is 4.28. The van der Waals surface area contributed by atoms with Crippen LogP contribution in [-0.4, -0.2) is 9.97 Å². The van der Waals surface area contributed by atoms with E-state index in [-0.39, 0.29) is 0 Å². The van der Waals surface area contributed by atoms with Gasteiger partial charge in [0.25, 0.3) is 0 Å². The summed E-state index contributed by atoms with van der Waals surface area (Å²) in [5.74, 6) is 1.33. The monoisotopic (exact) mass is 241 g/mol. The van der Waals surface area contributed by atoms with E-state index >= 15 is 0 Å². The van der Waals surface area contributed by atoms with Crippen molar-refractivity contribution in [3.63, 3.8) is 0 Å². The van der Waals surface area contributed by atoms with E-state index in [0.717, 1.165) is 35.6 Å². The van der Waals surface area contributed by atoms with Crippen LogP contribution < -0.4 is 5.73 Å². The highest BCUT2D eigenvalue weighted by atomic mass is 14.9. The molecule has 1 heterocycles. The number of nitrogens with zero attached hydrogens (tertiary/aromatic N) is 2. The van der Waals surface area contributed by atoms with E-state index in [1.807, 2.05) is 30.5 Å². The van der Waals surface area contributed by atoms with E-state index in [9.17, 15) is 0 Å². The topological polar surface area (TPSA) is 51.8 Å². The molecule has 1 aromatic carbocycles. The molecule has 0 bridgehead atoms. The van der Waals surface area contributed by atoms with Crippen molar-refractivity contribution >= 4 is 5.69 Å². The fourth-order valence-corrected chi connectivity index (χ4v) is 1.87. The molecule has 1 aromatic heterocycles. The Balaban J connectivity index is 2.07. The van der Waals surface area contributed by atoms with Crippen LogP contribution in [0.4, 0.5) is 5.69 Å². The highest BCUT2D eigenvalue weighted by molar-refractivity contribution is 5.46. The lowest BCUT2D eigenvalue weighted by atomic mass is 10.1. The summed E-state index contributed by atoms with van der Waals surface area (Å²) in [5.41, 5.74) is 9.03. The van der Waals surface area contributed by atoms with Gasteiger partial charge in [0.15, 0.2) is 0 Å². The van der Waals surface area contributed by atoms with Gasteiger partial charge in [-0.2, -0.15) is 0 Å². The summed E-state index contributed by atoms with van der Waals surface area (Å²) in [5, 5.41) is 0. The fourth-order valence-electron chi connectivity index (χ4n) is 1.87. The van der Waals surface area contributed by atoms with Crippen LogP contribution in [0.15, 0.2) is 36.5 Å². The number of benzene rings is 1. The van der Waals surface area contributed by atoms with E-state index in [2.05, 4.69) is 29.9 Å². The zero-order valence-electron chi connectivity index (χ0n) is 10.9. The van der Waals surface area contributed by atoms with Crippen LogP contribution in [0.2, 0.25) is 0 Å². The maximum atomic E-state index is 5.92. The number of nitrogen functional groups attached to an aromatic ring is 1. The van der Waals surface area contributed by atoms with Crippen LogP contribution in [0.1, 0.15) is 36.8 Å². The molecule has 0 aliphatic carbocycles. The van der Waals surface area contributed by atoms with Gasteiger partial charge in [-0.25, -0.2) is 9.97 Å². The molecule has 0 fully saturated rings. The first kappa shape index (κ1) is 12.6. The molecule has 0 saturated heterocycles. The summed E-state index contributed by atoms with van der Waals surface area (Å²) < 4.78 is 0. The number of hydrogen-bond acceptors (Lipinski definition) is 3. The van der Waals surface area contributed by atoms with Gasteiger partial charge in [-0.1, -0.05) is 32.0 Å². The van der Waals surface area contributed by atoms with Crippen LogP contribution in [0, 0.1) is 0 Å². The molecular weight excluding hydrogens is 222 g/mol. The van der Waals surface area contributed by atoms with Gasteiger partial charge in [0.05, 0.1) is 0 Å².